The second-order valence-electron chi connectivity index (χ2n) is 7.66. The number of fused-ring (bicyclic) bond motifs is 1. The fourth-order valence-corrected chi connectivity index (χ4v) is 4.89. The third kappa shape index (κ3) is 3.82. The summed E-state index contributed by atoms with van der Waals surface area (Å²) >= 11 is 6.27. The van der Waals surface area contributed by atoms with Gasteiger partial charge in [0.05, 0.1) is 26.5 Å². The summed E-state index contributed by atoms with van der Waals surface area (Å²) in [5.74, 6) is 0.683. The molecule has 2 aromatic carbocycles. The van der Waals surface area contributed by atoms with Crippen LogP contribution in [0.15, 0.2) is 47.4 Å². The number of H-pyrrole nitrogens is 1. The van der Waals surface area contributed by atoms with Gasteiger partial charge in [-0.05, 0) is 43.2 Å². The summed E-state index contributed by atoms with van der Waals surface area (Å²) in [7, 11) is -0.755. The Hall–Kier alpha value is -2.42. The smallest absolute Gasteiger partial charge is 0.255 e. The Kier molecular flexibility index (Phi) is 5.57. The van der Waals surface area contributed by atoms with E-state index in [0.717, 1.165) is 34.0 Å². The van der Waals surface area contributed by atoms with E-state index in [2.05, 4.69) is 9.97 Å². The topological polar surface area (TPSA) is 86.4 Å². The zero-order valence-corrected chi connectivity index (χ0v) is 18.4. The molecule has 1 aliphatic rings. The number of carbonyl (C=O) groups excluding carboxylic acids is 1. The molecule has 0 bridgehead atoms. The van der Waals surface area contributed by atoms with Gasteiger partial charge >= 0.3 is 0 Å². The fourth-order valence-electron chi connectivity index (χ4n) is 3.76. The van der Waals surface area contributed by atoms with Crippen LogP contribution in [0, 0.1) is 0 Å². The summed E-state index contributed by atoms with van der Waals surface area (Å²) in [6.07, 6.45) is 1.76. The molecule has 1 fully saturated rings. The number of benzene rings is 2. The maximum Gasteiger partial charge on any atom is 0.255 e. The Morgan fingerprint density at radius 2 is 2.00 bits per heavy atom. The number of imidazole rings is 1. The third-order valence-corrected chi connectivity index (χ3v) is 7.59. The second kappa shape index (κ2) is 8.02. The minimum Gasteiger partial charge on any atom is -0.342 e. The molecule has 0 radical (unpaired) electrons. The number of nitrogens with zero attached hydrogens (tertiary/aromatic N) is 3. The summed E-state index contributed by atoms with van der Waals surface area (Å²) in [4.78, 5) is 23.0. The maximum absolute atomic E-state index is 13.2. The number of hydrogen-bond acceptors (Lipinski definition) is 4. The Labute approximate surface area is 180 Å². The van der Waals surface area contributed by atoms with Crippen molar-refractivity contribution in [3.63, 3.8) is 0 Å². The Morgan fingerprint density at radius 3 is 2.73 bits per heavy atom. The number of piperidine rings is 1. The lowest BCUT2D eigenvalue weighted by atomic mass is 9.96. The quantitative estimate of drug-likeness (QED) is 0.664. The maximum atomic E-state index is 13.2. The number of amides is 1. The molecule has 0 saturated carbocycles. The highest BCUT2D eigenvalue weighted by Gasteiger charge is 2.29. The molecule has 1 aliphatic heterocycles. The van der Waals surface area contributed by atoms with Crippen LogP contribution in [0.3, 0.4) is 0 Å². The lowest BCUT2D eigenvalue weighted by Crippen LogP contribution is -2.39. The van der Waals surface area contributed by atoms with Crippen LogP contribution in [0.4, 0.5) is 0 Å². The lowest BCUT2D eigenvalue weighted by Gasteiger charge is -2.32. The van der Waals surface area contributed by atoms with E-state index in [-0.39, 0.29) is 27.3 Å². The zero-order chi connectivity index (χ0) is 21.5. The van der Waals surface area contributed by atoms with Gasteiger partial charge in [-0.15, -0.1) is 0 Å². The average molecular weight is 447 g/mol. The largest absolute Gasteiger partial charge is 0.342 e. The van der Waals surface area contributed by atoms with Gasteiger partial charge in [-0.2, -0.15) is 0 Å². The number of nitrogens with one attached hydrogen (secondary N) is 1. The molecule has 1 amide bonds. The summed E-state index contributed by atoms with van der Waals surface area (Å²) in [5, 5.41) is 0.239. The molecule has 1 atom stereocenters. The van der Waals surface area contributed by atoms with Crippen LogP contribution in [-0.2, 0) is 10.0 Å². The highest BCUT2D eigenvalue weighted by molar-refractivity contribution is 7.89. The van der Waals surface area contributed by atoms with Gasteiger partial charge in [0.15, 0.2) is 0 Å². The van der Waals surface area contributed by atoms with Crippen molar-refractivity contribution in [1.82, 2.24) is 19.2 Å². The van der Waals surface area contributed by atoms with E-state index in [1.165, 1.54) is 32.3 Å². The molecular formula is C21H23ClN4O3S. The number of aromatic amines is 1. The SMILES string of the molecule is CN(C)S(=O)(=O)c1ccc(Cl)c(C(=O)N2CCC[C@H](c3nc4ccccc4[nH]3)C2)c1. The summed E-state index contributed by atoms with van der Waals surface area (Å²) in [6.45, 7) is 1.09. The van der Waals surface area contributed by atoms with Gasteiger partial charge in [-0.1, -0.05) is 23.7 Å². The fraction of sp³-hybridized carbons (Fsp3) is 0.333. The molecule has 4 rings (SSSR count). The first-order valence-electron chi connectivity index (χ1n) is 9.73. The summed E-state index contributed by atoms with van der Waals surface area (Å²) in [5.41, 5.74) is 2.08. The number of para-hydroxylation sites is 2. The van der Waals surface area contributed by atoms with Crippen molar-refractivity contribution in [3.8, 4) is 0 Å². The van der Waals surface area contributed by atoms with Crippen molar-refractivity contribution in [2.75, 3.05) is 27.2 Å². The molecule has 1 aromatic heterocycles. The normalized spacial score (nSPS) is 17.6. The van der Waals surface area contributed by atoms with Crippen molar-refractivity contribution in [1.29, 1.82) is 0 Å². The molecule has 158 valence electrons. The molecule has 0 unspecified atom stereocenters. The van der Waals surface area contributed by atoms with Crippen LogP contribution in [0.2, 0.25) is 5.02 Å². The van der Waals surface area contributed by atoms with E-state index < -0.39 is 10.0 Å². The number of sulfonamides is 1. The highest BCUT2D eigenvalue weighted by Crippen LogP contribution is 2.29. The average Bonchev–Trinajstić information content (AvgIpc) is 3.18. The molecule has 0 spiro atoms. The Balaban J connectivity index is 1.60. The minimum absolute atomic E-state index is 0.0473. The van der Waals surface area contributed by atoms with Gasteiger partial charge in [0.25, 0.3) is 5.91 Å². The highest BCUT2D eigenvalue weighted by atomic mass is 35.5. The second-order valence-corrected chi connectivity index (χ2v) is 10.2. The van der Waals surface area contributed by atoms with Crippen LogP contribution < -0.4 is 0 Å². The first-order chi connectivity index (χ1) is 14.3. The number of likely N-dealkylation sites (tertiary alicyclic amines) is 1. The summed E-state index contributed by atoms with van der Waals surface area (Å²) < 4.78 is 26.0. The molecule has 7 nitrogen and oxygen atoms in total. The van der Waals surface area contributed by atoms with Gasteiger partial charge in [0.1, 0.15) is 5.82 Å². The Bertz CT molecular complexity index is 1170. The number of rotatable bonds is 4. The van der Waals surface area contributed by atoms with Gasteiger partial charge < -0.3 is 9.88 Å². The number of halogens is 1. The van der Waals surface area contributed by atoms with E-state index in [9.17, 15) is 13.2 Å². The number of aromatic nitrogens is 2. The van der Waals surface area contributed by atoms with Crippen LogP contribution in [-0.4, -0.2) is 60.7 Å². The standard InChI is InChI=1S/C21H23ClN4O3S/c1-25(2)30(28,29)15-9-10-17(22)16(12-15)21(27)26-11-5-6-14(13-26)20-23-18-7-3-4-8-19(18)24-20/h3-4,7-10,12,14H,5-6,11,13H2,1-2H3,(H,23,24)/t14-/m0/s1. The molecule has 1 saturated heterocycles. The molecule has 3 aromatic rings. The minimum atomic E-state index is -3.66. The van der Waals surface area contributed by atoms with Crippen LogP contribution >= 0.6 is 11.6 Å². The third-order valence-electron chi connectivity index (χ3n) is 5.45. The number of carbonyl (C=O) groups is 1. The van der Waals surface area contributed by atoms with Crippen molar-refractivity contribution in [2.45, 2.75) is 23.7 Å². The first-order valence-corrected chi connectivity index (χ1v) is 11.5. The van der Waals surface area contributed by atoms with Gasteiger partial charge in [-0.3, -0.25) is 4.79 Å². The van der Waals surface area contributed by atoms with Gasteiger partial charge in [0, 0.05) is 33.1 Å². The Morgan fingerprint density at radius 1 is 1.23 bits per heavy atom. The predicted octanol–water partition coefficient (Wildman–Crippen LogP) is 3.49. The van der Waals surface area contributed by atoms with E-state index >= 15 is 0 Å². The molecule has 9 heteroatoms. The van der Waals surface area contributed by atoms with Gasteiger partial charge in [-0.25, -0.2) is 17.7 Å². The van der Waals surface area contributed by atoms with Crippen molar-refractivity contribution in [3.05, 3.63) is 58.9 Å². The first kappa shape index (κ1) is 20.8. The number of hydrogen-bond donors (Lipinski definition) is 1. The van der Waals surface area contributed by atoms with Crippen molar-refractivity contribution < 1.29 is 13.2 Å². The molecule has 30 heavy (non-hydrogen) atoms. The van der Waals surface area contributed by atoms with E-state index in [1.54, 1.807) is 4.90 Å². The van der Waals surface area contributed by atoms with E-state index in [1.807, 2.05) is 24.3 Å². The molecule has 0 aliphatic carbocycles. The lowest BCUT2D eigenvalue weighted by molar-refractivity contribution is 0.0705. The van der Waals surface area contributed by atoms with E-state index in [0.29, 0.717) is 13.1 Å². The van der Waals surface area contributed by atoms with Gasteiger partial charge in [0.2, 0.25) is 10.0 Å². The van der Waals surface area contributed by atoms with Crippen molar-refractivity contribution in [2.24, 2.45) is 0 Å². The monoisotopic (exact) mass is 446 g/mol. The predicted molar refractivity (Wildman–Crippen MR) is 116 cm³/mol. The van der Waals surface area contributed by atoms with E-state index in [4.69, 9.17) is 11.6 Å². The zero-order valence-electron chi connectivity index (χ0n) is 16.8. The van der Waals surface area contributed by atoms with Crippen molar-refractivity contribution >= 4 is 38.6 Å². The molecule has 2 heterocycles. The van der Waals surface area contributed by atoms with Crippen LogP contribution in [0.5, 0.6) is 0 Å². The van der Waals surface area contributed by atoms with Crippen LogP contribution in [0.25, 0.3) is 11.0 Å². The molecule has 1 N–H and O–H groups in total. The van der Waals surface area contributed by atoms with Crippen LogP contribution in [0.1, 0.15) is 34.9 Å². The summed E-state index contributed by atoms with van der Waals surface area (Å²) in [6, 6.07) is 12.1. The molecular weight excluding hydrogens is 424 g/mol.